The Hall–Kier alpha value is -3.74. The van der Waals surface area contributed by atoms with Crippen molar-refractivity contribution >= 4 is 17.4 Å². The molecule has 0 aliphatic rings. The van der Waals surface area contributed by atoms with Crippen molar-refractivity contribution in [2.45, 2.75) is 26.8 Å². The molecule has 2 aromatic carbocycles. The number of carbonyl (C=O) groups excluding carboxylic acids is 2. The fourth-order valence-corrected chi connectivity index (χ4v) is 3.36. The summed E-state index contributed by atoms with van der Waals surface area (Å²) >= 11 is 0. The van der Waals surface area contributed by atoms with Crippen molar-refractivity contribution in [3.63, 3.8) is 0 Å². The van der Waals surface area contributed by atoms with Gasteiger partial charge in [-0.1, -0.05) is 48.5 Å². The van der Waals surface area contributed by atoms with Gasteiger partial charge in [-0.3, -0.25) is 19.7 Å². The van der Waals surface area contributed by atoms with Crippen LogP contribution in [0.3, 0.4) is 0 Å². The second-order valence-electron chi connectivity index (χ2n) is 7.00. The van der Waals surface area contributed by atoms with E-state index >= 15 is 0 Å². The van der Waals surface area contributed by atoms with E-state index in [1.165, 1.54) is 18.2 Å². The Morgan fingerprint density at radius 1 is 1.03 bits per heavy atom. The molecule has 0 atom stereocenters. The van der Waals surface area contributed by atoms with E-state index in [-0.39, 0.29) is 23.5 Å². The van der Waals surface area contributed by atoms with Crippen molar-refractivity contribution in [3.8, 4) is 0 Å². The summed E-state index contributed by atoms with van der Waals surface area (Å²) in [6.45, 7) is 4.02. The summed E-state index contributed by atoms with van der Waals surface area (Å²) in [4.78, 5) is 35.2. The molecule has 154 valence electrons. The number of hydrogen-bond donors (Lipinski definition) is 0. The molecular weight excluding hydrogens is 384 g/mol. The number of nitro groups is 1. The second-order valence-corrected chi connectivity index (χ2v) is 7.00. The molecular formula is C23H22N2O5. The molecule has 0 unspecified atom stereocenters. The highest BCUT2D eigenvalue weighted by Crippen LogP contribution is 2.20. The topological polar surface area (TPSA) is 91.4 Å². The molecule has 0 radical (unpaired) electrons. The fourth-order valence-electron chi connectivity index (χ4n) is 3.36. The van der Waals surface area contributed by atoms with E-state index in [0.717, 1.165) is 17.0 Å². The minimum atomic E-state index is -0.684. The number of esters is 1. The maximum absolute atomic E-state index is 12.6. The second kappa shape index (κ2) is 9.17. The normalized spacial score (nSPS) is 10.6. The highest BCUT2D eigenvalue weighted by Gasteiger charge is 2.20. The average Bonchev–Trinajstić information content (AvgIpc) is 3.01. The molecule has 1 heterocycles. The van der Waals surface area contributed by atoms with Gasteiger partial charge in [0.2, 0.25) is 5.78 Å². The minimum Gasteiger partial charge on any atom is -0.457 e. The summed E-state index contributed by atoms with van der Waals surface area (Å²) in [7, 11) is 0. The Kier molecular flexibility index (Phi) is 6.41. The molecule has 0 aliphatic carbocycles. The molecule has 0 fully saturated rings. The first-order valence-corrected chi connectivity index (χ1v) is 9.48. The summed E-state index contributed by atoms with van der Waals surface area (Å²) in [5.41, 5.74) is 3.46. The van der Waals surface area contributed by atoms with Gasteiger partial charge in [0.15, 0.2) is 6.61 Å². The monoisotopic (exact) mass is 406 g/mol. The molecule has 0 bridgehead atoms. The summed E-state index contributed by atoms with van der Waals surface area (Å²) in [5, 5.41) is 11.1. The highest BCUT2D eigenvalue weighted by atomic mass is 16.6. The number of nitrogens with zero attached hydrogens (tertiary/aromatic N) is 2. The molecule has 3 rings (SSSR count). The van der Waals surface area contributed by atoms with Gasteiger partial charge in [0, 0.05) is 35.1 Å². The Labute approximate surface area is 174 Å². The summed E-state index contributed by atoms with van der Waals surface area (Å²) < 4.78 is 7.14. The van der Waals surface area contributed by atoms with E-state index in [0.29, 0.717) is 12.1 Å². The first-order chi connectivity index (χ1) is 14.4. The number of ether oxygens (including phenoxy) is 1. The van der Waals surface area contributed by atoms with Gasteiger partial charge in [-0.15, -0.1) is 0 Å². The molecule has 1 aromatic heterocycles. The van der Waals surface area contributed by atoms with Crippen LogP contribution in [-0.2, 0) is 22.5 Å². The standard InChI is InChI=1S/C23H22N2O5/c1-16-12-20(17(2)24(16)14-18-8-4-3-5-9-18)22(26)15-30-23(27)13-19-10-6-7-11-21(19)25(28)29/h3-12H,13-15H2,1-2H3. The van der Waals surface area contributed by atoms with E-state index in [4.69, 9.17) is 4.74 Å². The van der Waals surface area contributed by atoms with E-state index in [9.17, 15) is 19.7 Å². The van der Waals surface area contributed by atoms with Crippen molar-refractivity contribution in [1.29, 1.82) is 0 Å². The van der Waals surface area contributed by atoms with Gasteiger partial charge in [0.1, 0.15) is 0 Å². The third-order valence-corrected chi connectivity index (χ3v) is 4.94. The number of aryl methyl sites for hydroxylation is 1. The molecule has 0 N–H and O–H groups in total. The van der Waals surface area contributed by atoms with E-state index < -0.39 is 17.5 Å². The zero-order valence-corrected chi connectivity index (χ0v) is 16.8. The third-order valence-electron chi connectivity index (χ3n) is 4.94. The molecule has 7 heteroatoms. The minimum absolute atomic E-state index is 0.148. The van der Waals surface area contributed by atoms with E-state index in [1.807, 2.05) is 48.7 Å². The van der Waals surface area contributed by atoms with E-state index in [2.05, 4.69) is 0 Å². The third kappa shape index (κ3) is 4.81. The molecule has 3 aromatic rings. The first kappa shape index (κ1) is 21.0. The van der Waals surface area contributed by atoms with Crippen LogP contribution in [0.25, 0.3) is 0 Å². The number of nitro benzene ring substituents is 1. The predicted octanol–water partition coefficient (Wildman–Crippen LogP) is 4.03. The molecule has 0 saturated carbocycles. The van der Waals surface area contributed by atoms with Crippen LogP contribution in [0.1, 0.15) is 32.9 Å². The van der Waals surface area contributed by atoms with Crippen LogP contribution in [0.5, 0.6) is 0 Å². The number of benzene rings is 2. The number of carbonyl (C=O) groups is 2. The van der Waals surface area contributed by atoms with Crippen LogP contribution in [0, 0.1) is 24.0 Å². The van der Waals surface area contributed by atoms with Crippen LogP contribution >= 0.6 is 0 Å². The summed E-state index contributed by atoms with van der Waals surface area (Å²) in [6, 6.07) is 17.7. The van der Waals surface area contributed by atoms with Crippen LogP contribution in [0.4, 0.5) is 5.69 Å². The average molecular weight is 406 g/mol. The lowest BCUT2D eigenvalue weighted by Crippen LogP contribution is -2.17. The van der Waals surface area contributed by atoms with Crippen molar-refractivity contribution < 1.29 is 19.2 Å². The van der Waals surface area contributed by atoms with Gasteiger partial charge in [-0.05, 0) is 25.5 Å². The SMILES string of the molecule is Cc1cc(C(=O)COC(=O)Cc2ccccc2[N+](=O)[O-])c(C)n1Cc1ccccc1. The van der Waals surface area contributed by atoms with Gasteiger partial charge in [0.05, 0.1) is 11.3 Å². The Morgan fingerprint density at radius 2 is 1.70 bits per heavy atom. The number of aromatic nitrogens is 1. The van der Waals surface area contributed by atoms with Crippen molar-refractivity contribution in [2.24, 2.45) is 0 Å². The zero-order chi connectivity index (χ0) is 21.7. The Morgan fingerprint density at radius 3 is 2.40 bits per heavy atom. The molecule has 30 heavy (non-hydrogen) atoms. The number of ketones is 1. The summed E-state index contributed by atoms with van der Waals surface area (Å²) in [5.74, 6) is -0.992. The predicted molar refractivity (Wildman–Crippen MR) is 112 cm³/mol. The highest BCUT2D eigenvalue weighted by molar-refractivity contribution is 5.99. The largest absolute Gasteiger partial charge is 0.457 e. The lowest BCUT2D eigenvalue weighted by Gasteiger charge is -2.10. The first-order valence-electron chi connectivity index (χ1n) is 9.48. The number of para-hydroxylation sites is 1. The smallest absolute Gasteiger partial charge is 0.310 e. The quantitative estimate of drug-likeness (QED) is 0.244. The van der Waals surface area contributed by atoms with Gasteiger partial charge < -0.3 is 9.30 Å². The maximum atomic E-state index is 12.6. The molecule has 0 amide bonds. The molecule has 0 saturated heterocycles. The summed E-state index contributed by atoms with van der Waals surface area (Å²) in [6.07, 6.45) is -0.266. The van der Waals surface area contributed by atoms with Crippen molar-refractivity contribution in [3.05, 3.63) is 98.9 Å². The van der Waals surface area contributed by atoms with E-state index in [1.54, 1.807) is 12.1 Å². The van der Waals surface area contributed by atoms with Gasteiger partial charge >= 0.3 is 5.97 Å². The van der Waals surface area contributed by atoms with Gasteiger partial charge in [0.25, 0.3) is 5.69 Å². The van der Waals surface area contributed by atoms with Gasteiger partial charge in [-0.2, -0.15) is 0 Å². The Bertz CT molecular complexity index is 1090. The molecule has 0 spiro atoms. The number of Topliss-reactive ketones (excluding diaryl/α,β-unsaturated/α-hetero) is 1. The zero-order valence-electron chi connectivity index (χ0n) is 16.8. The molecule has 0 aliphatic heterocycles. The van der Waals surface area contributed by atoms with Gasteiger partial charge in [-0.25, -0.2) is 0 Å². The lowest BCUT2D eigenvalue weighted by molar-refractivity contribution is -0.385. The van der Waals surface area contributed by atoms with Crippen LogP contribution in [0.15, 0.2) is 60.7 Å². The van der Waals surface area contributed by atoms with Crippen molar-refractivity contribution in [2.75, 3.05) is 6.61 Å². The van der Waals surface area contributed by atoms with Crippen molar-refractivity contribution in [1.82, 2.24) is 4.57 Å². The van der Waals surface area contributed by atoms with Crippen LogP contribution in [0.2, 0.25) is 0 Å². The number of hydrogen-bond acceptors (Lipinski definition) is 5. The maximum Gasteiger partial charge on any atom is 0.310 e. The van der Waals surface area contributed by atoms with Crippen LogP contribution < -0.4 is 0 Å². The lowest BCUT2D eigenvalue weighted by atomic mass is 10.1. The fraction of sp³-hybridized carbons (Fsp3) is 0.217. The Balaban J connectivity index is 1.65. The molecule has 7 nitrogen and oxygen atoms in total. The number of rotatable bonds is 8. The van der Waals surface area contributed by atoms with Crippen LogP contribution in [-0.4, -0.2) is 27.8 Å².